The van der Waals surface area contributed by atoms with Crippen molar-refractivity contribution in [3.63, 3.8) is 0 Å². The van der Waals surface area contributed by atoms with Gasteiger partial charge >= 0.3 is 0 Å². The standard InChI is InChI=1S/C14H20FNO3S/c15-14-6-2-1-5-13(14)7-9-20(18,19)16-8-3-4-12(10-16)11-17/h1-2,5-6,12,17H,3-4,7-11H2. The Morgan fingerprint density at radius 1 is 1.35 bits per heavy atom. The molecule has 112 valence electrons. The first-order valence-electron chi connectivity index (χ1n) is 6.85. The second-order valence-electron chi connectivity index (χ2n) is 5.21. The highest BCUT2D eigenvalue weighted by Gasteiger charge is 2.28. The Balaban J connectivity index is 1.99. The lowest BCUT2D eigenvalue weighted by Gasteiger charge is -2.31. The van der Waals surface area contributed by atoms with Gasteiger partial charge < -0.3 is 5.11 Å². The molecule has 0 radical (unpaired) electrons. The highest BCUT2D eigenvalue weighted by Crippen LogP contribution is 2.19. The van der Waals surface area contributed by atoms with Crippen molar-refractivity contribution in [2.24, 2.45) is 5.92 Å². The summed E-state index contributed by atoms with van der Waals surface area (Å²) in [6.07, 6.45) is 1.80. The van der Waals surface area contributed by atoms with Crippen LogP contribution in [0.3, 0.4) is 0 Å². The molecule has 1 aromatic carbocycles. The molecule has 1 aliphatic heterocycles. The Hall–Kier alpha value is -0.980. The van der Waals surface area contributed by atoms with E-state index in [1.807, 2.05) is 0 Å². The summed E-state index contributed by atoms with van der Waals surface area (Å²) in [5.74, 6) is -0.437. The van der Waals surface area contributed by atoms with Crippen LogP contribution in [0.15, 0.2) is 24.3 Å². The molecule has 2 rings (SSSR count). The van der Waals surface area contributed by atoms with Crippen LogP contribution in [0.1, 0.15) is 18.4 Å². The first-order chi connectivity index (χ1) is 9.53. The average Bonchev–Trinajstić information content (AvgIpc) is 2.46. The predicted octanol–water partition coefficient (Wildman–Crippen LogP) is 1.40. The number of aliphatic hydroxyl groups is 1. The molecule has 4 nitrogen and oxygen atoms in total. The van der Waals surface area contributed by atoms with Crippen molar-refractivity contribution in [2.45, 2.75) is 19.3 Å². The van der Waals surface area contributed by atoms with E-state index in [4.69, 9.17) is 5.11 Å². The van der Waals surface area contributed by atoms with Crippen LogP contribution in [-0.2, 0) is 16.4 Å². The molecule has 1 N–H and O–H groups in total. The van der Waals surface area contributed by atoms with Gasteiger partial charge in [0.15, 0.2) is 0 Å². The van der Waals surface area contributed by atoms with Gasteiger partial charge in [-0.05, 0) is 36.8 Å². The fourth-order valence-electron chi connectivity index (χ4n) is 2.50. The SMILES string of the molecule is O=S(=O)(CCc1ccccc1F)N1CCCC(CO)C1. The van der Waals surface area contributed by atoms with E-state index in [1.165, 1.54) is 10.4 Å². The third kappa shape index (κ3) is 3.77. The quantitative estimate of drug-likeness (QED) is 0.894. The number of sulfonamides is 1. The Kier molecular flexibility index (Phi) is 5.12. The van der Waals surface area contributed by atoms with Gasteiger partial charge in [0.05, 0.1) is 5.75 Å². The second-order valence-corrected chi connectivity index (χ2v) is 7.29. The summed E-state index contributed by atoms with van der Waals surface area (Å²) >= 11 is 0. The van der Waals surface area contributed by atoms with Gasteiger partial charge in [0.25, 0.3) is 0 Å². The van der Waals surface area contributed by atoms with Crippen LogP contribution in [0.5, 0.6) is 0 Å². The summed E-state index contributed by atoms with van der Waals surface area (Å²) in [6.45, 7) is 0.880. The van der Waals surface area contributed by atoms with Crippen molar-refractivity contribution in [3.05, 3.63) is 35.6 Å². The third-order valence-electron chi connectivity index (χ3n) is 3.72. The Morgan fingerprint density at radius 3 is 2.80 bits per heavy atom. The number of halogens is 1. The number of aryl methyl sites for hydroxylation is 1. The van der Waals surface area contributed by atoms with Crippen molar-refractivity contribution in [1.29, 1.82) is 0 Å². The Morgan fingerprint density at radius 2 is 2.10 bits per heavy atom. The van der Waals surface area contributed by atoms with E-state index >= 15 is 0 Å². The minimum atomic E-state index is -3.39. The fourth-order valence-corrected chi connectivity index (χ4v) is 4.08. The molecule has 1 fully saturated rings. The fraction of sp³-hybridized carbons (Fsp3) is 0.571. The highest BCUT2D eigenvalue weighted by molar-refractivity contribution is 7.89. The number of hydrogen-bond acceptors (Lipinski definition) is 3. The molecule has 0 aromatic heterocycles. The van der Waals surface area contributed by atoms with Gasteiger partial charge in [-0.1, -0.05) is 18.2 Å². The number of nitrogens with zero attached hydrogens (tertiary/aromatic N) is 1. The monoisotopic (exact) mass is 301 g/mol. The van der Waals surface area contributed by atoms with Crippen LogP contribution >= 0.6 is 0 Å². The number of piperidine rings is 1. The Bertz CT molecular complexity index is 547. The minimum absolute atomic E-state index is 0.0132. The number of rotatable bonds is 5. The van der Waals surface area contributed by atoms with Gasteiger partial charge in [-0.2, -0.15) is 0 Å². The first kappa shape index (κ1) is 15.4. The van der Waals surface area contributed by atoms with Crippen molar-refractivity contribution in [2.75, 3.05) is 25.4 Å². The molecule has 0 saturated carbocycles. The van der Waals surface area contributed by atoms with Gasteiger partial charge in [0.1, 0.15) is 5.82 Å². The van der Waals surface area contributed by atoms with E-state index in [0.717, 1.165) is 12.8 Å². The zero-order chi connectivity index (χ0) is 14.6. The van der Waals surface area contributed by atoms with Gasteiger partial charge in [0, 0.05) is 19.7 Å². The topological polar surface area (TPSA) is 57.6 Å². The summed E-state index contributed by atoms with van der Waals surface area (Å²) in [5.41, 5.74) is 0.423. The number of hydrogen-bond donors (Lipinski definition) is 1. The van der Waals surface area contributed by atoms with Crippen LogP contribution in [0, 0.1) is 11.7 Å². The smallest absolute Gasteiger partial charge is 0.214 e. The van der Waals surface area contributed by atoms with Gasteiger partial charge in [0.2, 0.25) is 10.0 Å². The molecule has 1 saturated heterocycles. The van der Waals surface area contributed by atoms with Gasteiger partial charge in [-0.15, -0.1) is 0 Å². The number of benzene rings is 1. The molecule has 0 bridgehead atoms. The number of aliphatic hydroxyl groups excluding tert-OH is 1. The van der Waals surface area contributed by atoms with Gasteiger partial charge in [-0.3, -0.25) is 0 Å². The largest absolute Gasteiger partial charge is 0.396 e. The van der Waals surface area contributed by atoms with E-state index in [1.54, 1.807) is 18.2 Å². The molecular formula is C14H20FNO3S. The molecule has 6 heteroatoms. The lowest BCUT2D eigenvalue weighted by Crippen LogP contribution is -2.42. The van der Waals surface area contributed by atoms with Crippen molar-refractivity contribution >= 4 is 10.0 Å². The highest BCUT2D eigenvalue weighted by atomic mass is 32.2. The van der Waals surface area contributed by atoms with E-state index in [9.17, 15) is 12.8 Å². The molecule has 0 aliphatic carbocycles. The molecule has 20 heavy (non-hydrogen) atoms. The van der Waals surface area contributed by atoms with Crippen molar-refractivity contribution in [1.82, 2.24) is 4.31 Å². The average molecular weight is 301 g/mol. The summed E-state index contributed by atoms with van der Waals surface area (Å²) in [6, 6.07) is 6.24. The lowest BCUT2D eigenvalue weighted by molar-refractivity contribution is 0.165. The Labute approximate surface area is 119 Å². The second kappa shape index (κ2) is 6.65. The molecule has 0 spiro atoms. The normalized spacial score (nSPS) is 21.0. The molecule has 1 aliphatic rings. The van der Waals surface area contributed by atoms with E-state index in [-0.39, 0.29) is 30.5 Å². The molecular weight excluding hydrogens is 281 g/mol. The van der Waals surface area contributed by atoms with Crippen molar-refractivity contribution in [3.8, 4) is 0 Å². The first-order valence-corrected chi connectivity index (χ1v) is 8.46. The molecule has 1 heterocycles. The van der Waals surface area contributed by atoms with Gasteiger partial charge in [-0.25, -0.2) is 17.1 Å². The van der Waals surface area contributed by atoms with Crippen molar-refractivity contribution < 1.29 is 17.9 Å². The molecule has 1 atom stereocenters. The zero-order valence-corrected chi connectivity index (χ0v) is 12.2. The summed E-state index contributed by atoms with van der Waals surface area (Å²) in [4.78, 5) is 0. The summed E-state index contributed by atoms with van der Waals surface area (Å²) < 4.78 is 39.4. The molecule has 0 amide bonds. The maximum Gasteiger partial charge on any atom is 0.214 e. The predicted molar refractivity (Wildman–Crippen MR) is 75.3 cm³/mol. The van der Waals surface area contributed by atoms with Crippen LogP contribution in [0.4, 0.5) is 4.39 Å². The van der Waals surface area contributed by atoms with E-state index < -0.39 is 10.0 Å². The summed E-state index contributed by atoms with van der Waals surface area (Å²) in [5, 5.41) is 9.15. The maximum atomic E-state index is 13.5. The minimum Gasteiger partial charge on any atom is -0.396 e. The van der Waals surface area contributed by atoms with Crippen LogP contribution < -0.4 is 0 Å². The lowest BCUT2D eigenvalue weighted by atomic mass is 10.0. The van der Waals surface area contributed by atoms with Crippen LogP contribution in [0.2, 0.25) is 0 Å². The molecule has 1 unspecified atom stereocenters. The molecule has 1 aromatic rings. The van der Waals surface area contributed by atoms with E-state index in [0.29, 0.717) is 18.7 Å². The third-order valence-corrected chi connectivity index (χ3v) is 5.56. The maximum absolute atomic E-state index is 13.5. The van der Waals surface area contributed by atoms with Crippen LogP contribution in [-0.4, -0.2) is 43.3 Å². The van der Waals surface area contributed by atoms with E-state index in [2.05, 4.69) is 0 Å². The zero-order valence-electron chi connectivity index (χ0n) is 11.3. The summed E-state index contributed by atoms with van der Waals surface area (Å²) in [7, 11) is -3.39. The van der Waals surface area contributed by atoms with Crippen LogP contribution in [0.25, 0.3) is 0 Å².